The molecule has 3 heteroatoms. The van der Waals surface area contributed by atoms with E-state index in [-0.39, 0.29) is 0 Å². The molecule has 0 aromatic heterocycles. The Kier molecular flexibility index (Phi) is 8.78. The summed E-state index contributed by atoms with van der Waals surface area (Å²) in [6, 6.07) is 0.653. The molecule has 0 atom stereocenters. The Morgan fingerprint density at radius 3 is 1.87 bits per heavy atom. The van der Waals surface area contributed by atoms with Gasteiger partial charge in [0.05, 0.1) is 6.04 Å². The summed E-state index contributed by atoms with van der Waals surface area (Å²) in [5.41, 5.74) is 0. The number of rotatable bonds is 9. The van der Waals surface area contributed by atoms with Crippen molar-refractivity contribution in [2.24, 2.45) is 0 Å². The predicted molar refractivity (Wildman–Crippen MR) is 67.0 cm³/mol. The van der Waals surface area contributed by atoms with Gasteiger partial charge in [0.1, 0.15) is 0 Å². The van der Waals surface area contributed by atoms with Crippen LogP contribution in [-0.2, 0) is 8.85 Å². The summed E-state index contributed by atoms with van der Waals surface area (Å²) in [5.74, 6) is 2.67. The van der Waals surface area contributed by atoms with Gasteiger partial charge in [0, 0.05) is 13.2 Å². The van der Waals surface area contributed by atoms with Crippen LogP contribution in [0.3, 0.4) is 0 Å². The molecule has 0 radical (unpaired) electrons. The van der Waals surface area contributed by atoms with E-state index in [4.69, 9.17) is 15.3 Å². The fraction of sp³-hybridized carbons (Fsp3) is 0.833. The van der Waals surface area contributed by atoms with Crippen molar-refractivity contribution in [3.05, 3.63) is 0 Å². The maximum Gasteiger partial charge on any atom is 0.347 e. The lowest BCUT2D eigenvalue weighted by molar-refractivity contribution is 0.172. The molecule has 0 heterocycles. The largest absolute Gasteiger partial charge is 0.394 e. The van der Waals surface area contributed by atoms with Gasteiger partial charge in [-0.25, -0.2) is 0 Å². The summed E-state index contributed by atoms with van der Waals surface area (Å²) in [6.07, 6.45) is 9.82. The van der Waals surface area contributed by atoms with Crippen LogP contribution in [0, 0.1) is 12.3 Å². The number of hydrogen-bond donors (Lipinski definition) is 0. The lowest BCUT2D eigenvalue weighted by atomic mass is 10.4. The highest BCUT2D eigenvalue weighted by molar-refractivity contribution is 6.66. The van der Waals surface area contributed by atoms with Crippen molar-refractivity contribution in [3.63, 3.8) is 0 Å². The second-order valence-corrected chi connectivity index (χ2v) is 7.12. The number of terminal acetylenes is 1. The molecule has 88 valence electrons. The van der Waals surface area contributed by atoms with Crippen molar-refractivity contribution in [1.29, 1.82) is 0 Å². The molecule has 0 amide bonds. The zero-order chi connectivity index (χ0) is 11.6. The van der Waals surface area contributed by atoms with Gasteiger partial charge in [-0.1, -0.05) is 26.7 Å². The van der Waals surface area contributed by atoms with Crippen molar-refractivity contribution in [2.45, 2.75) is 52.1 Å². The van der Waals surface area contributed by atoms with Crippen molar-refractivity contribution >= 4 is 8.56 Å². The van der Waals surface area contributed by atoms with Crippen LogP contribution in [0.2, 0.25) is 12.6 Å². The molecule has 0 aliphatic rings. The molecule has 0 bridgehead atoms. The topological polar surface area (TPSA) is 18.5 Å². The summed E-state index contributed by atoms with van der Waals surface area (Å²) in [7, 11) is -2.06. The fourth-order valence-electron chi connectivity index (χ4n) is 1.19. The smallest absolute Gasteiger partial charge is 0.347 e. The Hall–Kier alpha value is -0.303. The molecule has 0 unspecified atom stereocenters. The Morgan fingerprint density at radius 1 is 1.07 bits per heavy atom. The Morgan fingerprint density at radius 2 is 1.53 bits per heavy atom. The molecule has 0 aromatic rings. The molecule has 0 aliphatic carbocycles. The third-order valence-electron chi connectivity index (χ3n) is 2.23. The molecule has 0 rings (SSSR count). The summed E-state index contributed by atoms with van der Waals surface area (Å²) in [4.78, 5) is 0. The summed E-state index contributed by atoms with van der Waals surface area (Å²) < 4.78 is 11.7. The van der Waals surface area contributed by atoms with E-state index < -0.39 is 8.56 Å². The Bertz CT molecular complexity index is 177. The quantitative estimate of drug-likeness (QED) is 0.342. The lowest BCUT2D eigenvalue weighted by Gasteiger charge is -2.25. The molecule has 0 aliphatic heterocycles. The van der Waals surface area contributed by atoms with Crippen molar-refractivity contribution in [2.75, 3.05) is 13.2 Å². The zero-order valence-corrected chi connectivity index (χ0v) is 11.3. The van der Waals surface area contributed by atoms with Crippen LogP contribution in [0.5, 0.6) is 0 Å². The summed E-state index contributed by atoms with van der Waals surface area (Å²) in [5, 5.41) is 0. The van der Waals surface area contributed by atoms with Gasteiger partial charge in [-0.15, -0.1) is 12.3 Å². The molecule has 0 saturated carbocycles. The van der Waals surface area contributed by atoms with E-state index in [1.54, 1.807) is 0 Å². The summed E-state index contributed by atoms with van der Waals surface area (Å²) >= 11 is 0. The van der Waals surface area contributed by atoms with Crippen LogP contribution in [0.4, 0.5) is 0 Å². The normalized spacial score (nSPS) is 11.3. The van der Waals surface area contributed by atoms with Crippen LogP contribution in [0.25, 0.3) is 0 Å². The molecular formula is C12H24O2Si. The Balaban J connectivity index is 3.90. The van der Waals surface area contributed by atoms with E-state index in [1.807, 2.05) is 0 Å². The van der Waals surface area contributed by atoms with Crippen LogP contribution < -0.4 is 0 Å². The van der Waals surface area contributed by atoms with Crippen LogP contribution >= 0.6 is 0 Å². The molecule has 15 heavy (non-hydrogen) atoms. The van der Waals surface area contributed by atoms with E-state index >= 15 is 0 Å². The van der Waals surface area contributed by atoms with Gasteiger partial charge in [-0.2, -0.15) is 0 Å². The van der Waals surface area contributed by atoms with Gasteiger partial charge in [0.2, 0.25) is 0 Å². The maximum atomic E-state index is 5.83. The monoisotopic (exact) mass is 228 g/mol. The second-order valence-electron chi connectivity index (χ2n) is 3.92. The SMILES string of the molecule is C#CC[Si](C)(OCCCC)OCCCC. The van der Waals surface area contributed by atoms with Gasteiger partial charge >= 0.3 is 8.56 Å². The minimum Gasteiger partial charge on any atom is -0.394 e. The first-order valence-corrected chi connectivity index (χ1v) is 8.42. The van der Waals surface area contributed by atoms with Crippen molar-refractivity contribution in [1.82, 2.24) is 0 Å². The molecule has 2 nitrogen and oxygen atoms in total. The van der Waals surface area contributed by atoms with E-state index in [0.717, 1.165) is 38.9 Å². The average Bonchev–Trinajstić information content (AvgIpc) is 2.19. The summed E-state index contributed by atoms with van der Waals surface area (Å²) in [6.45, 7) is 7.95. The van der Waals surface area contributed by atoms with Gasteiger partial charge in [0.25, 0.3) is 0 Å². The van der Waals surface area contributed by atoms with Gasteiger partial charge in [-0.05, 0) is 19.4 Å². The molecule has 0 aromatic carbocycles. The fourth-order valence-corrected chi connectivity index (χ4v) is 3.00. The second kappa shape index (κ2) is 8.96. The maximum absolute atomic E-state index is 5.83. The highest BCUT2D eigenvalue weighted by atomic mass is 28.4. The van der Waals surface area contributed by atoms with Crippen LogP contribution in [0.1, 0.15) is 39.5 Å². The predicted octanol–water partition coefficient (Wildman–Crippen LogP) is 3.33. The number of hydrogen-bond acceptors (Lipinski definition) is 2. The first-order chi connectivity index (χ1) is 7.18. The third kappa shape index (κ3) is 7.61. The van der Waals surface area contributed by atoms with Gasteiger partial charge in [0.15, 0.2) is 0 Å². The zero-order valence-electron chi connectivity index (χ0n) is 10.3. The van der Waals surface area contributed by atoms with Crippen molar-refractivity contribution in [3.8, 4) is 12.3 Å². The first kappa shape index (κ1) is 14.7. The minimum absolute atomic E-state index is 0.653. The van der Waals surface area contributed by atoms with E-state index in [1.165, 1.54) is 0 Å². The molecule has 0 spiro atoms. The van der Waals surface area contributed by atoms with E-state index in [0.29, 0.717) is 6.04 Å². The van der Waals surface area contributed by atoms with Crippen LogP contribution in [0.15, 0.2) is 0 Å². The molecular weight excluding hydrogens is 204 g/mol. The molecule has 0 N–H and O–H groups in total. The average molecular weight is 228 g/mol. The number of unbranched alkanes of at least 4 members (excludes halogenated alkanes) is 2. The standard InChI is InChI=1S/C12H24O2Si/c1-5-8-10-13-15(4,12-7-3)14-11-9-6-2/h3H,5-6,8-12H2,1-2,4H3. The highest BCUT2D eigenvalue weighted by Crippen LogP contribution is 2.14. The lowest BCUT2D eigenvalue weighted by Crippen LogP contribution is -2.38. The van der Waals surface area contributed by atoms with Crippen molar-refractivity contribution < 1.29 is 8.85 Å². The Labute approximate surface area is 95.6 Å². The highest BCUT2D eigenvalue weighted by Gasteiger charge is 2.30. The van der Waals surface area contributed by atoms with E-state index in [2.05, 4.69) is 26.3 Å². The molecule has 0 fully saturated rings. The van der Waals surface area contributed by atoms with Crippen LogP contribution in [-0.4, -0.2) is 21.8 Å². The van der Waals surface area contributed by atoms with Gasteiger partial charge in [-0.3, -0.25) is 0 Å². The first-order valence-electron chi connectivity index (χ1n) is 5.90. The van der Waals surface area contributed by atoms with Gasteiger partial charge < -0.3 is 8.85 Å². The minimum atomic E-state index is -2.06. The third-order valence-corrected chi connectivity index (χ3v) is 4.71. The molecule has 0 saturated heterocycles. The van der Waals surface area contributed by atoms with E-state index in [9.17, 15) is 0 Å².